The second-order valence-electron chi connectivity index (χ2n) is 17.7. The number of ketones is 2. The van der Waals surface area contributed by atoms with Gasteiger partial charge in [-0.2, -0.15) is 0 Å². The predicted octanol–water partition coefficient (Wildman–Crippen LogP) is 5.65. The number of nitrogens with zero attached hydrogens (tertiary/aromatic N) is 10. The van der Waals surface area contributed by atoms with Crippen molar-refractivity contribution in [2.75, 3.05) is 131 Å². The SMILES string of the molecule is CCO.CN(C)C=Nc1nc2c(C3CC(=O)C(C=NCCN4CCN(CCO)CC4)=C(O)C3)cccc2s1.Nc1nc2c(C3CC(=O)C(C=NCCN4CCN(CCO)CC4)=C(O)C3)cccc2s1.[Cl][Zn][Cl]. The first-order valence-electron chi connectivity index (χ1n) is 24.3. The molecule has 0 amide bonds. The van der Waals surface area contributed by atoms with E-state index in [2.05, 4.69) is 44.5 Å². The van der Waals surface area contributed by atoms with E-state index in [9.17, 15) is 19.8 Å². The van der Waals surface area contributed by atoms with Gasteiger partial charge in [0, 0.05) is 149 Å². The number of aliphatic hydroxyl groups excluding tert-OH is 5. The molecule has 2 atom stereocenters. The molecule has 0 radical (unpaired) electrons. The molecule has 18 nitrogen and oxygen atoms in total. The molecule has 0 spiro atoms. The number of piperazine rings is 2. The van der Waals surface area contributed by atoms with Crippen molar-refractivity contribution in [2.24, 2.45) is 15.0 Å². The summed E-state index contributed by atoms with van der Waals surface area (Å²) in [5.74, 6) is -0.196. The Hall–Kier alpha value is -3.83. The van der Waals surface area contributed by atoms with E-state index in [0.717, 1.165) is 110 Å². The quantitative estimate of drug-likeness (QED) is 0.0452. The van der Waals surface area contributed by atoms with Crippen LogP contribution < -0.4 is 5.73 Å². The number of para-hydroxylation sites is 2. The molecule has 4 heterocycles. The molecule has 2 aromatic carbocycles. The van der Waals surface area contributed by atoms with E-state index in [1.54, 1.807) is 19.5 Å². The van der Waals surface area contributed by atoms with Crippen LogP contribution in [0.5, 0.6) is 0 Å². The van der Waals surface area contributed by atoms with Crippen molar-refractivity contribution in [1.82, 2.24) is 34.5 Å². The molecule has 23 heteroatoms. The van der Waals surface area contributed by atoms with Crippen molar-refractivity contribution in [3.8, 4) is 0 Å². The van der Waals surface area contributed by atoms with E-state index in [1.807, 2.05) is 55.4 Å². The zero-order valence-electron chi connectivity index (χ0n) is 41.6. The molecular weight excluding hydrogens is 1060 g/mol. The number of halogens is 2. The number of hydrogen-bond acceptors (Lipinski definition) is 19. The Kier molecular flexibility index (Phi) is 25.6. The molecule has 8 rings (SSSR count). The zero-order valence-corrected chi connectivity index (χ0v) is 47.7. The number of fused-ring (bicyclic) bond motifs is 2. The third-order valence-electron chi connectivity index (χ3n) is 12.4. The van der Waals surface area contributed by atoms with Crippen molar-refractivity contribution in [3.05, 3.63) is 70.2 Å². The van der Waals surface area contributed by atoms with Crippen LogP contribution in [0.1, 0.15) is 55.6 Å². The first-order chi connectivity index (χ1) is 34.8. The molecule has 4 aromatic rings. The number of benzene rings is 2. The molecule has 2 fully saturated rings. The molecule has 390 valence electrons. The van der Waals surface area contributed by atoms with Gasteiger partial charge >= 0.3 is 34.5 Å². The maximum atomic E-state index is 12.9. The summed E-state index contributed by atoms with van der Waals surface area (Å²) in [4.78, 5) is 59.0. The molecule has 2 saturated heterocycles. The van der Waals surface area contributed by atoms with Crippen molar-refractivity contribution in [3.63, 3.8) is 0 Å². The number of hydrogen-bond donors (Lipinski definition) is 6. The number of nitrogens with two attached hydrogens (primary N) is 1. The molecular formula is C49H69Cl2N11O7S2Zn. The fraction of sp³-hybridized carbons (Fsp3) is 0.531. The summed E-state index contributed by atoms with van der Waals surface area (Å²) in [6.07, 6.45) is 6.26. The van der Waals surface area contributed by atoms with Crippen LogP contribution in [0.25, 0.3) is 20.4 Å². The Bertz CT molecular complexity index is 2510. The average Bonchev–Trinajstić information content (AvgIpc) is 3.97. The second kappa shape index (κ2) is 31.2. The summed E-state index contributed by atoms with van der Waals surface area (Å²) in [5, 5.41) is 48.1. The molecule has 72 heavy (non-hydrogen) atoms. The first-order valence-corrected chi connectivity index (χ1v) is 33.7. The Morgan fingerprint density at radius 3 is 1.50 bits per heavy atom. The Labute approximate surface area is 445 Å². The number of carbonyl (C=O) groups excluding carboxylic acids is 2. The maximum absolute atomic E-state index is 12.9. The number of aromatic nitrogens is 2. The number of rotatable bonds is 16. The first kappa shape index (κ1) is 59.1. The van der Waals surface area contributed by atoms with Gasteiger partial charge in [0.05, 0.1) is 64.2 Å². The fourth-order valence-corrected chi connectivity index (χ4v) is 10.5. The topological polar surface area (TPSA) is 240 Å². The third-order valence-corrected chi connectivity index (χ3v) is 14.2. The number of aliphatic hydroxyl groups is 5. The molecule has 0 saturated carbocycles. The van der Waals surface area contributed by atoms with E-state index in [1.165, 1.54) is 28.9 Å². The van der Waals surface area contributed by atoms with Gasteiger partial charge in [0.15, 0.2) is 16.7 Å². The Morgan fingerprint density at radius 1 is 0.694 bits per heavy atom. The van der Waals surface area contributed by atoms with Gasteiger partial charge in [-0.05, 0) is 30.2 Å². The molecule has 4 aliphatic rings. The van der Waals surface area contributed by atoms with Crippen LogP contribution in [0.15, 0.2) is 74.0 Å². The molecule has 2 aliphatic carbocycles. The van der Waals surface area contributed by atoms with E-state index in [4.69, 9.17) is 40.4 Å². The summed E-state index contributed by atoms with van der Waals surface area (Å²) in [6, 6.07) is 11.9. The predicted molar refractivity (Wildman–Crippen MR) is 290 cm³/mol. The molecule has 0 bridgehead atoms. The van der Waals surface area contributed by atoms with Crippen molar-refractivity contribution >= 4 is 103 Å². The van der Waals surface area contributed by atoms with Crippen LogP contribution in [0.2, 0.25) is 0 Å². The summed E-state index contributed by atoms with van der Waals surface area (Å²) in [7, 11) is 13.7. The van der Waals surface area contributed by atoms with E-state index in [-0.39, 0.29) is 54.7 Å². The Balaban J connectivity index is 0.000000242. The number of β-amino-alcohol motifs (C(OH)–C–C–N with tert-alkyl or cyclic N) is 2. The van der Waals surface area contributed by atoms with Gasteiger partial charge in [0.1, 0.15) is 11.5 Å². The van der Waals surface area contributed by atoms with Crippen LogP contribution in [0, 0.1) is 0 Å². The number of nitrogen functional groups attached to an aromatic ring is 1. The van der Waals surface area contributed by atoms with E-state index >= 15 is 0 Å². The Morgan fingerprint density at radius 2 is 1.10 bits per heavy atom. The number of allylic oxidation sites excluding steroid dienone is 4. The van der Waals surface area contributed by atoms with Gasteiger partial charge in [-0.15, -0.1) is 0 Å². The second-order valence-corrected chi connectivity index (χ2v) is 24.4. The minimum atomic E-state index is -0.931. The van der Waals surface area contributed by atoms with Crippen LogP contribution in [-0.2, 0) is 24.7 Å². The number of aliphatic imine (C=N–C) groups is 3. The number of thiazole rings is 2. The third kappa shape index (κ3) is 17.9. The standard InChI is InChI=1S/C25H34N6O3S.C22H29N5O3S.C2H6O.2ClH.Zn/c1-29(2)17-27-25-28-24-19(4-3-5-23(24)35-25)18-14-21(33)20(22(34)15-18)16-26-6-7-30-8-10-31(11-9-30)12-13-32;23-22-25-21-16(2-1-3-20(21)31-22)15-12-18(29)17(19(30)13-15)14-24-4-5-26-6-8-27(9-7-26)10-11-28;1-2-3;;;/h3-5,16-18,32-33H,6-15H2,1-2H3;1-3,14-15,28-29H,4-13H2,(H2,23,25);3H,2H2,1H3;2*1H;/q;;;;;+2/p-2. The molecule has 2 aromatic heterocycles. The minimum absolute atomic E-state index is 0.0850. The van der Waals surface area contributed by atoms with E-state index in [0.29, 0.717) is 60.2 Å². The van der Waals surface area contributed by atoms with Crippen LogP contribution in [0.4, 0.5) is 10.3 Å². The van der Waals surface area contributed by atoms with Crippen molar-refractivity contribution in [2.45, 2.75) is 44.4 Å². The normalized spacial score (nSPS) is 19.7. The fourth-order valence-electron chi connectivity index (χ4n) is 8.84. The summed E-state index contributed by atoms with van der Waals surface area (Å²) < 4.78 is 2.02. The average molecular weight is 1120 g/mol. The molecule has 7 N–H and O–H groups in total. The van der Waals surface area contributed by atoms with Crippen LogP contribution in [-0.4, -0.2) is 216 Å². The zero-order chi connectivity index (χ0) is 52.0. The van der Waals surface area contributed by atoms with Gasteiger partial charge in [-0.25, -0.2) is 15.0 Å². The summed E-state index contributed by atoms with van der Waals surface area (Å²) >= 11 is 2.01. The number of anilines is 1. The van der Waals surface area contributed by atoms with Crippen molar-refractivity contribution in [1.29, 1.82) is 0 Å². The van der Waals surface area contributed by atoms with Crippen LogP contribution >= 0.6 is 42.1 Å². The molecule has 2 unspecified atom stereocenters. The number of carbonyl (C=O) groups is 2. The molecule has 2 aliphatic heterocycles. The van der Waals surface area contributed by atoms with Gasteiger partial charge in [-0.3, -0.25) is 39.2 Å². The monoisotopic (exact) mass is 1120 g/mol. The summed E-state index contributed by atoms with van der Waals surface area (Å²) in [6.45, 7) is 14.2. The van der Waals surface area contributed by atoms with Gasteiger partial charge in [-0.1, -0.05) is 46.9 Å². The van der Waals surface area contributed by atoms with E-state index < -0.39 is 15.1 Å². The van der Waals surface area contributed by atoms with Crippen LogP contribution in [0.3, 0.4) is 0 Å². The van der Waals surface area contributed by atoms with Gasteiger partial charge in [0.25, 0.3) is 0 Å². The van der Waals surface area contributed by atoms with Crippen molar-refractivity contribution < 1.29 is 50.3 Å². The van der Waals surface area contributed by atoms with Gasteiger partial charge in [0.2, 0.25) is 5.13 Å². The van der Waals surface area contributed by atoms with Gasteiger partial charge < -0.3 is 36.2 Å². The number of Topliss-reactive ketones (excluding diaryl/α,β-unsaturated/α-hetero) is 2. The summed E-state index contributed by atoms with van der Waals surface area (Å²) in [5.41, 5.74) is 10.1.